The minimum atomic E-state index is -1.99. The first kappa shape index (κ1) is 83.2. The molecule has 3 rings (SSSR count). The molecular weight excluding hydrogens is 1190 g/mol. The fraction of sp³-hybridized carbons (Fsp3) is 0.689. The number of aliphatic hydroxyl groups is 11. The van der Waals surface area contributed by atoms with Crippen molar-refractivity contribution in [3.63, 3.8) is 0 Å². The molecule has 19 nitrogen and oxygen atoms in total. The van der Waals surface area contributed by atoms with Crippen LogP contribution in [0, 0.1) is 0 Å². The zero-order chi connectivity index (χ0) is 67.5. The standard InChI is InChI=1S/C74H121NO18/c1-3-5-7-9-11-13-15-17-18-19-20-21-22-23-24-25-26-27-28-29-30-31-32-33-34-35-36-37-38-40-42-44-46-48-50-52-62(80)75-57(58(79)51-49-47-45-43-41-39-16-14-12-10-8-6-4-2)56-88-72-68(86)65(83)70(60(54-77)90-72)93-74-69(87)66(84)71(61(55-78)91-74)92-73-67(85)64(82)63(81)59(53-76)89-73/h5,7,11-14,17-18,20-21,23-24,26-27,29-30,32-33,41,43,49,51,57-61,63-74,76-79,81-87H,3-4,6,8-10,15-16,19,22,25,28,31,34-40,42,44-48,50,52-56H2,1-2H3,(H,75,80)/b7-5-,13-11-,14-12+,18-17-,21-20-,24-23-,27-26-,30-29-,33-32-,43-41+,51-49+. The number of rotatable bonds is 51. The van der Waals surface area contributed by atoms with Gasteiger partial charge in [0, 0.05) is 6.42 Å². The lowest BCUT2D eigenvalue weighted by atomic mass is 9.96. The molecule has 530 valence electrons. The van der Waals surface area contributed by atoms with Crippen molar-refractivity contribution in [3.05, 3.63) is 134 Å². The average molecular weight is 1310 g/mol. The summed E-state index contributed by atoms with van der Waals surface area (Å²) in [6.07, 6.45) is 48.7. The highest BCUT2D eigenvalue weighted by molar-refractivity contribution is 5.76. The minimum Gasteiger partial charge on any atom is -0.394 e. The first-order chi connectivity index (χ1) is 45.3. The Bertz CT molecular complexity index is 2210. The lowest BCUT2D eigenvalue weighted by molar-refractivity contribution is -0.379. The number of allylic oxidation sites excluding steroid dienone is 21. The van der Waals surface area contributed by atoms with Gasteiger partial charge in [0.25, 0.3) is 0 Å². The molecule has 0 spiro atoms. The lowest BCUT2D eigenvalue weighted by Crippen LogP contribution is -2.66. The molecule has 0 aromatic rings. The van der Waals surface area contributed by atoms with E-state index in [1.807, 2.05) is 6.08 Å². The van der Waals surface area contributed by atoms with Gasteiger partial charge in [-0.1, -0.05) is 212 Å². The second-order valence-electron chi connectivity index (χ2n) is 24.2. The Labute approximate surface area is 556 Å². The molecule has 0 aliphatic carbocycles. The minimum absolute atomic E-state index is 0.217. The predicted molar refractivity (Wildman–Crippen MR) is 364 cm³/mol. The summed E-state index contributed by atoms with van der Waals surface area (Å²) in [5.74, 6) is -0.302. The Kier molecular flexibility index (Phi) is 48.3. The highest BCUT2D eigenvalue weighted by Crippen LogP contribution is 2.33. The summed E-state index contributed by atoms with van der Waals surface area (Å²) in [5, 5.41) is 120. The summed E-state index contributed by atoms with van der Waals surface area (Å²) in [5.41, 5.74) is 0. The number of carbonyl (C=O) groups is 1. The zero-order valence-corrected chi connectivity index (χ0v) is 55.9. The quantitative estimate of drug-likeness (QED) is 0.0199. The summed E-state index contributed by atoms with van der Waals surface area (Å²) in [7, 11) is 0. The first-order valence-corrected chi connectivity index (χ1v) is 34.9. The maximum Gasteiger partial charge on any atom is 0.220 e. The van der Waals surface area contributed by atoms with Gasteiger partial charge in [0.05, 0.1) is 38.6 Å². The third kappa shape index (κ3) is 35.7. The number of ether oxygens (including phenoxy) is 6. The maximum absolute atomic E-state index is 13.4. The molecule has 93 heavy (non-hydrogen) atoms. The van der Waals surface area contributed by atoms with Crippen LogP contribution in [-0.2, 0) is 33.2 Å². The second kappa shape index (κ2) is 54.0. The smallest absolute Gasteiger partial charge is 0.220 e. The van der Waals surface area contributed by atoms with Gasteiger partial charge in [0.1, 0.15) is 73.2 Å². The van der Waals surface area contributed by atoms with E-state index in [9.17, 15) is 61.0 Å². The average Bonchev–Trinajstić information content (AvgIpc) is 0.842. The molecule has 0 aromatic heterocycles. The van der Waals surface area contributed by atoms with Crippen molar-refractivity contribution < 1.29 is 89.4 Å². The van der Waals surface area contributed by atoms with Crippen molar-refractivity contribution >= 4 is 5.91 Å². The third-order valence-corrected chi connectivity index (χ3v) is 16.4. The van der Waals surface area contributed by atoms with Crippen molar-refractivity contribution in [3.8, 4) is 0 Å². The SMILES string of the molecule is CC/C=C\C/C=C\C/C=C\C/C=C\C/C=C\C/C=C\C/C=C\C/C=C\CCCCCCCCCCCCC(=O)NC(COC1OC(CO)C(OC2OC(CO)C(OC3OC(CO)C(O)C(O)C3O)C(O)C2O)C(O)C1O)C(O)/C=C/CC/C=C/CC/C=C/CCCCC. The van der Waals surface area contributed by atoms with Crippen molar-refractivity contribution in [2.45, 2.75) is 298 Å². The van der Waals surface area contributed by atoms with E-state index < -0.39 is 124 Å². The van der Waals surface area contributed by atoms with E-state index >= 15 is 0 Å². The summed E-state index contributed by atoms with van der Waals surface area (Å²) in [6, 6.07) is -1.01. The van der Waals surface area contributed by atoms with E-state index in [1.165, 1.54) is 51.4 Å². The van der Waals surface area contributed by atoms with E-state index in [1.54, 1.807) is 6.08 Å². The van der Waals surface area contributed by atoms with E-state index in [0.717, 1.165) is 109 Å². The molecule has 3 aliphatic heterocycles. The van der Waals surface area contributed by atoms with Crippen LogP contribution in [0.5, 0.6) is 0 Å². The molecule has 0 saturated carbocycles. The number of unbranched alkanes of at least 4 members (excludes halogenated alkanes) is 15. The second-order valence-corrected chi connectivity index (χ2v) is 24.2. The monoisotopic (exact) mass is 1310 g/mol. The maximum atomic E-state index is 13.4. The lowest BCUT2D eigenvalue weighted by Gasteiger charge is -2.48. The summed E-state index contributed by atoms with van der Waals surface area (Å²) < 4.78 is 34.3. The summed E-state index contributed by atoms with van der Waals surface area (Å²) in [4.78, 5) is 13.4. The van der Waals surface area contributed by atoms with Crippen molar-refractivity contribution in [2.75, 3.05) is 26.4 Å². The molecule has 1 amide bonds. The molecule has 0 aromatic carbocycles. The Hall–Kier alpha value is -4.07. The van der Waals surface area contributed by atoms with Gasteiger partial charge in [-0.2, -0.15) is 0 Å². The number of nitrogens with one attached hydrogen (secondary N) is 1. The zero-order valence-electron chi connectivity index (χ0n) is 55.9. The number of carbonyl (C=O) groups excluding carboxylic acids is 1. The van der Waals surface area contributed by atoms with Crippen LogP contribution in [0.3, 0.4) is 0 Å². The van der Waals surface area contributed by atoms with Crippen LogP contribution in [0.2, 0.25) is 0 Å². The van der Waals surface area contributed by atoms with E-state index in [-0.39, 0.29) is 18.9 Å². The molecule has 3 saturated heterocycles. The molecule has 17 unspecified atom stereocenters. The van der Waals surface area contributed by atoms with Gasteiger partial charge in [-0.25, -0.2) is 0 Å². The molecule has 3 heterocycles. The van der Waals surface area contributed by atoms with Gasteiger partial charge in [0.15, 0.2) is 18.9 Å². The van der Waals surface area contributed by atoms with Crippen molar-refractivity contribution in [2.24, 2.45) is 0 Å². The summed E-state index contributed by atoms with van der Waals surface area (Å²) in [6.45, 7) is 1.52. The molecule has 3 fully saturated rings. The Morgan fingerprint density at radius 1 is 0.398 bits per heavy atom. The normalized spacial score (nSPS) is 28.4. The molecule has 3 aliphatic rings. The Balaban J connectivity index is 1.38. The molecular formula is C74H121NO18. The van der Waals surface area contributed by atoms with Crippen LogP contribution in [0.25, 0.3) is 0 Å². The third-order valence-electron chi connectivity index (χ3n) is 16.4. The number of aliphatic hydroxyl groups excluding tert-OH is 11. The Morgan fingerprint density at radius 2 is 0.753 bits per heavy atom. The number of hydrogen-bond donors (Lipinski definition) is 12. The molecule has 12 N–H and O–H groups in total. The highest BCUT2D eigenvalue weighted by atomic mass is 16.8. The van der Waals surface area contributed by atoms with Crippen LogP contribution in [0.4, 0.5) is 0 Å². The van der Waals surface area contributed by atoms with Gasteiger partial charge >= 0.3 is 0 Å². The fourth-order valence-electron chi connectivity index (χ4n) is 10.8. The van der Waals surface area contributed by atoms with Crippen LogP contribution in [0.15, 0.2) is 134 Å². The van der Waals surface area contributed by atoms with Crippen molar-refractivity contribution in [1.82, 2.24) is 5.32 Å². The van der Waals surface area contributed by atoms with Gasteiger partial charge in [-0.05, 0) is 109 Å². The van der Waals surface area contributed by atoms with E-state index in [4.69, 9.17) is 28.4 Å². The van der Waals surface area contributed by atoms with E-state index in [0.29, 0.717) is 12.8 Å². The van der Waals surface area contributed by atoms with Gasteiger partial charge in [-0.3, -0.25) is 4.79 Å². The van der Waals surface area contributed by atoms with Crippen LogP contribution >= 0.6 is 0 Å². The first-order valence-electron chi connectivity index (χ1n) is 34.9. The largest absolute Gasteiger partial charge is 0.394 e. The van der Waals surface area contributed by atoms with Crippen LogP contribution in [0.1, 0.15) is 194 Å². The van der Waals surface area contributed by atoms with Crippen LogP contribution in [-0.4, -0.2) is 193 Å². The molecule has 0 bridgehead atoms. The number of amides is 1. The number of hydrogen-bond acceptors (Lipinski definition) is 18. The topological polar surface area (TPSA) is 307 Å². The van der Waals surface area contributed by atoms with E-state index in [2.05, 4.69) is 141 Å². The molecule has 19 heteroatoms. The van der Waals surface area contributed by atoms with Gasteiger partial charge in [-0.15, -0.1) is 0 Å². The molecule has 0 radical (unpaired) electrons. The highest BCUT2D eigenvalue weighted by Gasteiger charge is 2.53. The summed E-state index contributed by atoms with van der Waals surface area (Å²) >= 11 is 0. The predicted octanol–water partition coefficient (Wildman–Crippen LogP) is 9.38. The van der Waals surface area contributed by atoms with Crippen molar-refractivity contribution in [1.29, 1.82) is 0 Å². The Morgan fingerprint density at radius 3 is 1.20 bits per heavy atom. The molecule has 17 atom stereocenters. The van der Waals surface area contributed by atoms with Gasteiger partial charge in [0.2, 0.25) is 5.91 Å². The van der Waals surface area contributed by atoms with Gasteiger partial charge < -0.3 is 89.9 Å². The fourth-order valence-corrected chi connectivity index (χ4v) is 10.8. The van der Waals surface area contributed by atoms with Crippen LogP contribution < -0.4 is 5.32 Å².